The highest BCUT2D eigenvalue weighted by Gasteiger charge is 2.30. The number of pyridine rings is 1. The van der Waals surface area contributed by atoms with Gasteiger partial charge in [0.2, 0.25) is 0 Å². The molecule has 1 aromatic heterocycles. The van der Waals surface area contributed by atoms with Crippen molar-refractivity contribution in [3.8, 4) is 0 Å². The van der Waals surface area contributed by atoms with Gasteiger partial charge in [0.05, 0.1) is 5.69 Å². The number of hydrogen-bond acceptors (Lipinski definition) is 3. The van der Waals surface area contributed by atoms with Crippen LogP contribution >= 0.6 is 0 Å². The summed E-state index contributed by atoms with van der Waals surface area (Å²) in [5, 5.41) is 6.07. The predicted molar refractivity (Wildman–Crippen MR) is 70.4 cm³/mol. The minimum Gasteiger partial charge on any atom is -0.369 e. The van der Waals surface area contributed by atoms with Gasteiger partial charge >= 0.3 is 0 Å². The first-order valence-corrected chi connectivity index (χ1v) is 5.82. The molecule has 1 aliphatic rings. The fourth-order valence-corrected chi connectivity index (χ4v) is 2.14. The molecule has 1 aliphatic heterocycles. The van der Waals surface area contributed by atoms with E-state index < -0.39 is 0 Å². The van der Waals surface area contributed by atoms with Crippen LogP contribution in [-0.4, -0.2) is 10.9 Å². The van der Waals surface area contributed by atoms with Crippen molar-refractivity contribution in [3.63, 3.8) is 0 Å². The van der Waals surface area contributed by atoms with Crippen molar-refractivity contribution in [2.24, 2.45) is 0 Å². The van der Waals surface area contributed by atoms with Crippen LogP contribution in [0.5, 0.6) is 0 Å². The Morgan fingerprint density at radius 1 is 1.33 bits per heavy atom. The second kappa shape index (κ2) is 4.14. The molecule has 2 aromatic rings. The smallest absolute Gasteiger partial charge is 0.251 e. The van der Waals surface area contributed by atoms with Gasteiger partial charge in [0.15, 0.2) is 0 Å². The molecule has 0 saturated carbocycles. The molecule has 0 spiro atoms. The minimum atomic E-state index is -0.343. The summed E-state index contributed by atoms with van der Waals surface area (Å²) in [7, 11) is 0. The van der Waals surface area contributed by atoms with E-state index in [4.69, 9.17) is 0 Å². The van der Waals surface area contributed by atoms with Crippen LogP contribution in [0.25, 0.3) is 0 Å². The van der Waals surface area contributed by atoms with E-state index in [0.717, 1.165) is 22.5 Å². The molecule has 4 nitrogen and oxygen atoms in total. The van der Waals surface area contributed by atoms with Gasteiger partial charge in [-0.25, -0.2) is 0 Å². The maximum Gasteiger partial charge on any atom is 0.251 e. The quantitative estimate of drug-likeness (QED) is 0.846. The van der Waals surface area contributed by atoms with Crippen LogP contribution in [0, 0.1) is 6.92 Å². The third-order valence-corrected chi connectivity index (χ3v) is 3.01. The van der Waals surface area contributed by atoms with Gasteiger partial charge in [0.1, 0.15) is 6.04 Å². The molecular formula is C14H13N3O. The van der Waals surface area contributed by atoms with Crippen LogP contribution in [0.1, 0.15) is 17.2 Å². The lowest BCUT2D eigenvalue weighted by Crippen LogP contribution is -2.19. The first-order chi connectivity index (χ1) is 8.74. The van der Waals surface area contributed by atoms with Gasteiger partial charge in [-0.15, -0.1) is 0 Å². The van der Waals surface area contributed by atoms with E-state index in [1.807, 2.05) is 37.3 Å². The number of amides is 1. The maximum absolute atomic E-state index is 12.0. The van der Waals surface area contributed by atoms with Crippen molar-refractivity contribution in [1.82, 2.24) is 4.98 Å². The normalized spacial score (nSPS) is 17.2. The molecule has 0 bridgehead atoms. The minimum absolute atomic E-state index is 0.0283. The van der Waals surface area contributed by atoms with E-state index in [1.54, 1.807) is 12.4 Å². The van der Waals surface area contributed by atoms with Crippen LogP contribution in [-0.2, 0) is 4.79 Å². The molecule has 0 fully saturated rings. The Morgan fingerprint density at radius 3 is 3.00 bits per heavy atom. The first kappa shape index (κ1) is 10.8. The second-order valence-electron chi connectivity index (χ2n) is 4.40. The van der Waals surface area contributed by atoms with Crippen molar-refractivity contribution < 1.29 is 4.79 Å². The molecule has 0 saturated heterocycles. The number of aromatic nitrogens is 1. The van der Waals surface area contributed by atoms with Crippen LogP contribution in [0.3, 0.4) is 0 Å². The zero-order valence-electron chi connectivity index (χ0n) is 9.97. The lowest BCUT2D eigenvalue weighted by Gasteiger charge is -2.12. The number of aryl methyl sites for hydroxylation is 1. The van der Waals surface area contributed by atoms with Crippen molar-refractivity contribution in [3.05, 3.63) is 53.9 Å². The molecule has 1 unspecified atom stereocenters. The van der Waals surface area contributed by atoms with Crippen molar-refractivity contribution in [2.45, 2.75) is 13.0 Å². The topological polar surface area (TPSA) is 54.0 Å². The number of anilines is 2. The third-order valence-electron chi connectivity index (χ3n) is 3.01. The fourth-order valence-electron chi connectivity index (χ4n) is 2.14. The molecule has 1 atom stereocenters. The average molecular weight is 239 g/mol. The molecule has 3 rings (SSSR count). The van der Waals surface area contributed by atoms with Gasteiger partial charge in [0, 0.05) is 23.6 Å². The molecule has 0 radical (unpaired) electrons. The Balaban J connectivity index is 1.94. The van der Waals surface area contributed by atoms with Crippen LogP contribution in [0.2, 0.25) is 0 Å². The monoisotopic (exact) mass is 239 g/mol. The summed E-state index contributed by atoms with van der Waals surface area (Å²) in [5.41, 5.74) is 3.85. The van der Waals surface area contributed by atoms with Crippen LogP contribution in [0.4, 0.5) is 11.4 Å². The zero-order valence-corrected chi connectivity index (χ0v) is 9.97. The largest absolute Gasteiger partial charge is 0.369 e. The molecular weight excluding hydrogens is 226 g/mol. The summed E-state index contributed by atoms with van der Waals surface area (Å²) in [5.74, 6) is -0.0283. The van der Waals surface area contributed by atoms with Gasteiger partial charge in [-0.3, -0.25) is 9.78 Å². The predicted octanol–water partition coefficient (Wildman–Crippen LogP) is 2.50. The highest BCUT2D eigenvalue weighted by Crippen LogP contribution is 2.33. The molecule has 18 heavy (non-hydrogen) atoms. The highest BCUT2D eigenvalue weighted by atomic mass is 16.2. The van der Waals surface area contributed by atoms with Gasteiger partial charge in [-0.2, -0.15) is 0 Å². The molecule has 90 valence electrons. The Labute approximate surface area is 105 Å². The van der Waals surface area contributed by atoms with E-state index in [0.29, 0.717) is 0 Å². The summed E-state index contributed by atoms with van der Waals surface area (Å²) in [6.45, 7) is 2.02. The number of nitrogens with one attached hydrogen (secondary N) is 2. The number of fused-ring (bicyclic) bond motifs is 1. The second-order valence-corrected chi connectivity index (χ2v) is 4.40. The van der Waals surface area contributed by atoms with E-state index in [-0.39, 0.29) is 11.9 Å². The number of hydrogen-bond donors (Lipinski definition) is 2. The van der Waals surface area contributed by atoms with Crippen molar-refractivity contribution >= 4 is 17.3 Å². The molecule has 1 aromatic carbocycles. The van der Waals surface area contributed by atoms with Crippen molar-refractivity contribution in [1.29, 1.82) is 0 Å². The number of nitrogens with zero attached hydrogens (tertiary/aromatic N) is 1. The number of rotatable bonds is 2. The van der Waals surface area contributed by atoms with Crippen molar-refractivity contribution in [2.75, 3.05) is 10.6 Å². The average Bonchev–Trinajstić information content (AvgIpc) is 2.67. The van der Waals surface area contributed by atoms with Crippen LogP contribution in [0.15, 0.2) is 42.7 Å². The maximum atomic E-state index is 12.0. The summed E-state index contributed by atoms with van der Waals surface area (Å²) in [4.78, 5) is 16.0. The summed E-state index contributed by atoms with van der Waals surface area (Å²) in [6, 6.07) is 9.35. The van der Waals surface area contributed by atoms with E-state index in [2.05, 4.69) is 15.6 Å². The highest BCUT2D eigenvalue weighted by molar-refractivity contribution is 6.04. The molecule has 0 aliphatic carbocycles. The lowest BCUT2D eigenvalue weighted by molar-refractivity contribution is -0.116. The van der Waals surface area contributed by atoms with E-state index >= 15 is 0 Å². The Hall–Kier alpha value is -2.36. The van der Waals surface area contributed by atoms with Gasteiger partial charge in [-0.05, 0) is 25.1 Å². The molecule has 1 amide bonds. The summed E-state index contributed by atoms with van der Waals surface area (Å²) < 4.78 is 0. The SMILES string of the molecule is Cc1ccc2c(c1)C(Nc1cccnc1)C(=O)N2. The molecule has 2 N–H and O–H groups in total. The Bertz CT molecular complexity index is 595. The third kappa shape index (κ3) is 1.82. The summed E-state index contributed by atoms with van der Waals surface area (Å²) >= 11 is 0. The van der Waals surface area contributed by atoms with Crippen LogP contribution < -0.4 is 10.6 Å². The van der Waals surface area contributed by atoms with E-state index in [1.165, 1.54) is 0 Å². The van der Waals surface area contributed by atoms with E-state index in [9.17, 15) is 4.79 Å². The fraction of sp³-hybridized carbons (Fsp3) is 0.143. The Morgan fingerprint density at radius 2 is 2.22 bits per heavy atom. The summed E-state index contributed by atoms with van der Waals surface area (Å²) in [6.07, 6.45) is 3.42. The molecule has 4 heteroatoms. The number of carbonyl (C=O) groups excluding carboxylic acids is 1. The van der Waals surface area contributed by atoms with Gasteiger partial charge < -0.3 is 10.6 Å². The van der Waals surface area contributed by atoms with Gasteiger partial charge in [-0.1, -0.05) is 17.7 Å². The lowest BCUT2D eigenvalue weighted by atomic mass is 10.1. The first-order valence-electron chi connectivity index (χ1n) is 5.82. The number of benzene rings is 1. The standard InChI is InChI=1S/C14H13N3O/c1-9-4-5-12-11(7-9)13(14(18)17-12)16-10-3-2-6-15-8-10/h2-8,13,16H,1H3,(H,17,18). The Kier molecular flexibility index (Phi) is 2.48. The number of carbonyl (C=O) groups is 1. The zero-order chi connectivity index (χ0) is 12.5. The molecule has 2 heterocycles. The van der Waals surface area contributed by atoms with Gasteiger partial charge in [0.25, 0.3) is 5.91 Å².